The summed E-state index contributed by atoms with van der Waals surface area (Å²) in [6, 6.07) is 0.730. The van der Waals surface area contributed by atoms with Crippen LogP contribution in [-0.2, 0) is 0 Å². The van der Waals surface area contributed by atoms with Crippen molar-refractivity contribution in [3.05, 3.63) is 0 Å². The molecule has 2 heterocycles. The standard InChI is InChI=1S/C13H26N2/c1-11(2)14-7-6-13(8-14)9-15(10-13)12(3,4)5/h11H,6-10H2,1-5H3. The van der Waals surface area contributed by atoms with Crippen LogP contribution in [0.15, 0.2) is 0 Å². The molecule has 88 valence electrons. The third kappa shape index (κ3) is 2.07. The van der Waals surface area contributed by atoms with Crippen LogP contribution < -0.4 is 0 Å². The highest BCUT2D eigenvalue weighted by Crippen LogP contribution is 2.42. The zero-order valence-electron chi connectivity index (χ0n) is 11.0. The van der Waals surface area contributed by atoms with Crippen molar-refractivity contribution in [3.8, 4) is 0 Å². The lowest BCUT2D eigenvalue weighted by Crippen LogP contribution is -2.63. The van der Waals surface area contributed by atoms with E-state index in [0.29, 0.717) is 11.0 Å². The summed E-state index contributed by atoms with van der Waals surface area (Å²) >= 11 is 0. The summed E-state index contributed by atoms with van der Waals surface area (Å²) in [6.45, 7) is 16.9. The molecule has 2 fully saturated rings. The maximum absolute atomic E-state index is 2.64. The van der Waals surface area contributed by atoms with E-state index in [1.165, 1.54) is 32.6 Å². The Morgan fingerprint density at radius 3 is 2.07 bits per heavy atom. The van der Waals surface area contributed by atoms with Crippen molar-refractivity contribution in [1.82, 2.24) is 9.80 Å². The number of hydrogen-bond acceptors (Lipinski definition) is 2. The van der Waals surface area contributed by atoms with Gasteiger partial charge in [-0.2, -0.15) is 0 Å². The highest BCUT2D eigenvalue weighted by atomic mass is 15.3. The largest absolute Gasteiger partial charge is 0.300 e. The summed E-state index contributed by atoms with van der Waals surface area (Å²) in [5, 5.41) is 0. The first-order chi connectivity index (χ1) is 6.82. The molecule has 2 aliphatic heterocycles. The average molecular weight is 210 g/mol. The van der Waals surface area contributed by atoms with Gasteiger partial charge < -0.3 is 4.90 Å². The maximum atomic E-state index is 2.64. The van der Waals surface area contributed by atoms with Crippen LogP contribution in [0.1, 0.15) is 41.0 Å². The van der Waals surface area contributed by atoms with E-state index in [0.717, 1.165) is 6.04 Å². The second-order valence-electron chi connectivity index (χ2n) is 6.84. The molecule has 0 saturated carbocycles. The Bertz CT molecular complexity index is 233. The summed E-state index contributed by atoms with van der Waals surface area (Å²) in [7, 11) is 0. The summed E-state index contributed by atoms with van der Waals surface area (Å²) in [5.74, 6) is 0. The molecule has 0 atom stereocenters. The molecule has 0 bridgehead atoms. The first-order valence-corrected chi connectivity index (χ1v) is 6.32. The Morgan fingerprint density at radius 1 is 1.07 bits per heavy atom. The molecule has 0 aromatic heterocycles. The molecule has 0 unspecified atom stereocenters. The van der Waals surface area contributed by atoms with E-state index in [1.54, 1.807) is 0 Å². The number of likely N-dealkylation sites (tertiary alicyclic amines) is 2. The van der Waals surface area contributed by atoms with Gasteiger partial charge in [0.15, 0.2) is 0 Å². The molecule has 2 rings (SSSR count). The molecule has 2 heteroatoms. The van der Waals surface area contributed by atoms with Crippen LogP contribution >= 0.6 is 0 Å². The number of nitrogens with zero attached hydrogens (tertiary/aromatic N) is 2. The van der Waals surface area contributed by atoms with Crippen molar-refractivity contribution in [2.75, 3.05) is 26.2 Å². The molecular weight excluding hydrogens is 184 g/mol. The predicted octanol–water partition coefficient (Wildman–Crippen LogP) is 2.20. The van der Waals surface area contributed by atoms with Crippen LogP contribution in [-0.4, -0.2) is 47.6 Å². The lowest BCUT2D eigenvalue weighted by atomic mass is 9.76. The fourth-order valence-corrected chi connectivity index (χ4v) is 2.91. The normalized spacial score (nSPS) is 27.6. The smallest absolute Gasteiger partial charge is 0.0125 e. The second kappa shape index (κ2) is 3.46. The van der Waals surface area contributed by atoms with Gasteiger partial charge in [0.1, 0.15) is 0 Å². The highest BCUT2D eigenvalue weighted by molar-refractivity contribution is 5.04. The molecule has 15 heavy (non-hydrogen) atoms. The minimum absolute atomic E-state index is 0.372. The summed E-state index contributed by atoms with van der Waals surface area (Å²) < 4.78 is 0. The molecule has 0 N–H and O–H groups in total. The fourth-order valence-electron chi connectivity index (χ4n) is 2.91. The molecule has 2 saturated heterocycles. The zero-order valence-corrected chi connectivity index (χ0v) is 11.0. The van der Waals surface area contributed by atoms with Gasteiger partial charge in [-0.1, -0.05) is 0 Å². The molecular formula is C13H26N2. The Labute approximate surface area is 94.6 Å². The van der Waals surface area contributed by atoms with Gasteiger partial charge in [-0.05, 0) is 47.6 Å². The van der Waals surface area contributed by atoms with Crippen LogP contribution in [0, 0.1) is 5.41 Å². The zero-order chi connectivity index (χ0) is 11.3. The fraction of sp³-hybridized carbons (Fsp3) is 1.00. The summed E-state index contributed by atoms with van der Waals surface area (Å²) in [4.78, 5) is 5.26. The van der Waals surface area contributed by atoms with Crippen LogP contribution in [0.3, 0.4) is 0 Å². The van der Waals surface area contributed by atoms with Gasteiger partial charge in [0.2, 0.25) is 0 Å². The number of rotatable bonds is 1. The van der Waals surface area contributed by atoms with Crippen molar-refractivity contribution in [3.63, 3.8) is 0 Å². The quantitative estimate of drug-likeness (QED) is 0.654. The van der Waals surface area contributed by atoms with Gasteiger partial charge >= 0.3 is 0 Å². The van der Waals surface area contributed by atoms with Crippen molar-refractivity contribution in [2.45, 2.75) is 52.6 Å². The summed E-state index contributed by atoms with van der Waals surface area (Å²) in [5.41, 5.74) is 1.02. The first-order valence-electron chi connectivity index (χ1n) is 6.32. The van der Waals surface area contributed by atoms with E-state index in [9.17, 15) is 0 Å². The van der Waals surface area contributed by atoms with Crippen LogP contribution in [0.4, 0.5) is 0 Å². The molecule has 0 radical (unpaired) electrons. The lowest BCUT2D eigenvalue weighted by molar-refractivity contribution is -0.0532. The molecule has 1 spiro atoms. The van der Waals surface area contributed by atoms with E-state index >= 15 is 0 Å². The van der Waals surface area contributed by atoms with E-state index in [1.807, 2.05) is 0 Å². The molecule has 0 amide bonds. The van der Waals surface area contributed by atoms with E-state index in [2.05, 4.69) is 44.4 Å². The number of hydrogen-bond donors (Lipinski definition) is 0. The Balaban J connectivity index is 1.89. The van der Waals surface area contributed by atoms with Crippen LogP contribution in [0.2, 0.25) is 0 Å². The van der Waals surface area contributed by atoms with Crippen LogP contribution in [0.5, 0.6) is 0 Å². The topological polar surface area (TPSA) is 6.48 Å². The van der Waals surface area contributed by atoms with E-state index in [-0.39, 0.29) is 0 Å². The van der Waals surface area contributed by atoms with Gasteiger partial charge in [0.25, 0.3) is 0 Å². The Morgan fingerprint density at radius 2 is 1.67 bits per heavy atom. The minimum atomic E-state index is 0.372. The first kappa shape index (κ1) is 11.4. The van der Waals surface area contributed by atoms with Crippen molar-refractivity contribution < 1.29 is 0 Å². The van der Waals surface area contributed by atoms with Gasteiger partial charge in [-0.3, -0.25) is 4.90 Å². The van der Waals surface area contributed by atoms with Crippen molar-refractivity contribution >= 4 is 0 Å². The maximum Gasteiger partial charge on any atom is 0.0125 e. The summed E-state index contributed by atoms with van der Waals surface area (Å²) in [6.07, 6.45) is 1.41. The third-order valence-electron chi connectivity index (χ3n) is 4.20. The van der Waals surface area contributed by atoms with E-state index in [4.69, 9.17) is 0 Å². The molecule has 0 aliphatic carbocycles. The van der Waals surface area contributed by atoms with Gasteiger partial charge in [-0.15, -0.1) is 0 Å². The molecule has 2 nitrogen and oxygen atoms in total. The van der Waals surface area contributed by atoms with E-state index < -0.39 is 0 Å². The minimum Gasteiger partial charge on any atom is -0.300 e. The molecule has 0 aromatic rings. The van der Waals surface area contributed by atoms with Gasteiger partial charge in [0.05, 0.1) is 0 Å². The van der Waals surface area contributed by atoms with Crippen molar-refractivity contribution in [2.24, 2.45) is 5.41 Å². The Hall–Kier alpha value is -0.0800. The Kier molecular flexibility index (Phi) is 2.63. The monoisotopic (exact) mass is 210 g/mol. The SMILES string of the molecule is CC(C)N1CCC2(C1)CN(C(C)(C)C)C2. The third-order valence-corrected chi connectivity index (χ3v) is 4.20. The predicted molar refractivity (Wildman–Crippen MR) is 65.1 cm³/mol. The molecule has 0 aromatic carbocycles. The van der Waals surface area contributed by atoms with Crippen LogP contribution in [0.25, 0.3) is 0 Å². The van der Waals surface area contributed by atoms with Gasteiger partial charge in [-0.25, -0.2) is 0 Å². The second-order valence-corrected chi connectivity index (χ2v) is 6.84. The van der Waals surface area contributed by atoms with Crippen molar-refractivity contribution in [1.29, 1.82) is 0 Å². The lowest BCUT2D eigenvalue weighted by Gasteiger charge is -2.54. The van der Waals surface area contributed by atoms with Gasteiger partial charge in [0, 0.05) is 36.6 Å². The average Bonchev–Trinajstić information content (AvgIpc) is 2.42. The highest BCUT2D eigenvalue weighted by Gasteiger charge is 2.50. The molecule has 2 aliphatic rings.